The minimum Gasteiger partial charge on any atom is -0.462 e. The zero-order valence-corrected chi connectivity index (χ0v) is 19.4. The highest BCUT2D eigenvalue weighted by Gasteiger charge is 2.28. The van der Waals surface area contributed by atoms with Gasteiger partial charge in [0.15, 0.2) is 11.8 Å². The largest absolute Gasteiger partial charge is 0.462 e. The van der Waals surface area contributed by atoms with E-state index in [1.54, 1.807) is 25.1 Å². The molecule has 3 aromatic rings. The van der Waals surface area contributed by atoms with Crippen LogP contribution in [-0.4, -0.2) is 40.5 Å². The molecule has 1 amide bonds. The van der Waals surface area contributed by atoms with Crippen molar-refractivity contribution in [2.75, 3.05) is 11.9 Å². The number of fused-ring (bicyclic) bond motifs is 2. The second-order valence-corrected chi connectivity index (χ2v) is 8.87. The number of carbonyl (C=O) groups is 3. The third kappa shape index (κ3) is 5.03. The molecule has 1 unspecified atom stereocenters. The Labute approximate surface area is 195 Å². The molecule has 0 saturated carbocycles. The molecule has 172 valence electrons. The van der Waals surface area contributed by atoms with E-state index >= 15 is 0 Å². The molecule has 2 heterocycles. The van der Waals surface area contributed by atoms with Crippen LogP contribution in [0.4, 0.5) is 5.00 Å². The lowest BCUT2D eigenvalue weighted by Gasteiger charge is -2.14. The molecule has 33 heavy (non-hydrogen) atoms. The van der Waals surface area contributed by atoms with Crippen LogP contribution in [0.25, 0.3) is 11.0 Å². The summed E-state index contributed by atoms with van der Waals surface area (Å²) >= 11 is 1.40. The quantitative estimate of drug-likeness (QED) is 0.425. The lowest BCUT2D eigenvalue weighted by atomic mass is 10.1. The van der Waals surface area contributed by atoms with E-state index in [0.717, 1.165) is 42.5 Å². The number of aryl methyl sites for hydroxylation is 1. The Bertz CT molecular complexity index is 1210. The summed E-state index contributed by atoms with van der Waals surface area (Å²) in [7, 11) is 0. The number of hydrogen-bond donors (Lipinski definition) is 1. The van der Waals surface area contributed by atoms with Crippen molar-refractivity contribution in [2.45, 2.75) is 52.1 Å². The number of aromatic nitrogens is 2. The maximum atomic E-state index is 12.8. The number of para-hydroxylation sites is 2. The van der Waals surface area contributed by atoms with Crippen LogP contribution in [0.2, 0.25) is 0 Å². The molecule has 0 saturated heterocycles. The lowest BCUT2D eigenvalue weighted by molar-refractivity contribution is -0.123. The first kappa shape index (κ1) is 22.8. The number of nitrogens with one attached hydrogen (secondary N) is 1. The number of nitrogens with zero attached hydrogens (tertiary/aromatic N) is 2. The number of ether oxygens (including phenoxy) is 2. The summed E-state index contributed by atoms with van der Waals surface area (Å²) in [6.45, 7) is 3.47. The molecule has 9 heteroatoms. The van der Waals surface area contributed by atoms with Gasteiger partial charge in [-0.25, -0.2) is 14.6 Å². The van der Waals surface area contributed by atoms with Crippen LogP contribution < -0.4 is 5.32 Å². The summed E-state index contributed by atoms with van der Waals surface area (Å²) in [5.74, 6) is -1.72. The van der Waals surface area contributed by atoms with Crippen molar-refractivity contribution >= 4 is 45.2 Å². The first-order valence-electron chi connectivity index (χ1n) is 11.0. The number of anilines is 1. The summed E-state index contributed by atoms with van der Waals surface area (Å²) in [5.41, 5.74) is 2.61. The maximum absolute atomic E-state index is 12.8. The Morgan fingerprint density at radius 2 is 1.85 bits per heavy atom. The van der Waals surface area contributed by atoms with Gasteiger partial charge in [-0.3, -0.25) is 9.78 Å². The fraction of sp³-hybridized carbons (Fsp3) is 0.375. The van der Waals surface area contributed by atoms with Crippen molar-refractivity contribution in [3.8, 4) is 0 Å². The van der Waals surface area contributed by atoms with Gasteiger partial charge in [-0.2, -0.15) is 0 Å². The predicted octanol–water partition coefficient (Wildman–Crippen LogP) is 4.32. The summed E-state index contributed by atoms with van der Waals surface area (Å²) in [6.07, 6.45) is 5.02. The van der Waals surface area contributed by atoms with E-state index in [1.165, 1.54) is 24.5 Å². The van der Waals surface area contributed by atoms with Crippen molar-refractivity contribution in [2.24, 2.45) is 0 Å². The van der Waals surface area contributed by atoms with E-state index in [0.29, 0.717) is 21.6 Å². The molecule has 0 radical (unpaired) electrons. The second-order valence-electron chi connectivity index (χ2n) is 7.77. The van der Waals surface area contributed by atoms with E-state index in [1.807, 2.05) is 6.07 Å². The van der Waals surface area contributed by atoms with Crippen LogP contribution in [-0.2, 0) is 27.1 Å². The van der Waals surface area contributed by atoms with Gasteiger partial charge < -0.3 is 14.8 Å². The molecule has 0 bridgehead atoms. The fourth-order valence-corrected chi connectivity index (χ4v) is 5.07. The Morgan fingerprint density at radius 3 is 2.64 bits per heavy atom. The molecule has 0 spiro atoms. The summed E-state index contributed by atoms with van der Waals surface area (Å²) in [4.78, 5) is 47.6. The van der Waals surface area contributed by atoms with Crippen LogP contribution >= 0.6 is 11.3 Å². The minimum atomic E-state index is -1.09. The van der Waals surface area contributed by atoms with Gasteiger partial charge in [0.2, 0.25) is 0 Å². The van der Waals surface area contributed by atoms with Crippen LogP contribution in [0.5, 0.6) is 0 Å². The zero-order valence-electron chi connectivity index (χ0n) is 18.6. The lowest BCUT2D eigenvalue weighted by Crippen LogP contribution is -2.30. The highest BCUT2D eigenvalue weighted by molar-refractivity contribution is 7.17. The molecule has 1 aliphatic carbocycles. The number of hydrogen-bond acceptors (Lipinski definition) is 8. The topological polar surface area (TPSA) is 107 Å². The first-order valence-corrected chi connectivity index (χ1v) is 11.8. The Morgan fingerprint density at radius 1 is 1.09 bits per heavy atom. The zero-order chi connectivity index (χ0) is 23.4. The number of amides is 1. The van der Waals surface area contributed by atoms with Crippen molar-refractivity contribution in [1.29, 1.82) is 0 Å². The Kier molecular flexibility index (Phi) is 6.98. The molecule has 1 aliphatic rings. The van der Waals surface area contributed by atoms with Gasteiger partial charge in [0, 0.05) is 4.88 Å². The summed E-state index contributed by atoms with van der Waals surface area (Å²) in [6, 6.07) is 7.16. The molecular formula is C24H25N3O5S. The standard InChI is InChI=1S/C24H25N3O5S/c1-3-31-24(30)20-15-9-5-4-6-12-19(15)33-22(20)27-21(28)14(2)32-23(29)18-13-25-16-10-7-8-11-17(16)26-18/h7-8,10-11,13-14H,3-6,9,12H2,1-2H3,(H,27,28). The van der Waals surface area contributed by atoms with Gasteiger partial charge in [-0.1, -0.05) is 18.6 Å². The van der Waals surface area contributed by atoms with E-state index in [2.05, 4.69) is 15.3 Å². The number of esters is 2. The Balaban J connectivity index is 1.50. The fourth-order valence-electron chi connectivity index (χ4n) is 3.79. The predicted molar refractivity (Wildman–Crippen MR) is 125 cm³/mol. The molecular weight excluding hydrogens is 442 g/mol. The molecule has 8 nitrogen and oxygen atoms in total. The number of rotatable bonds is 6. The molecule has 2 aromatic heterocycles. The van der Waals surface area contributed by atoms with E-state index in [9.17, 15) is 14.4 Å². The normalized spacial score (nSPS) is 14.1. The molecule has 0 fully saturated rings. The van der Waals surface area contributed by atoms with Crippen molar-refractivity contribution in [3.63, 3.8) is 0 Å². The van der Waals surface area contributed by atoms with E-state index < -0.39 is 23.9 Å². The van der Waals surface area contributed by atoms with Gasteiger partial charge >= 0.3 is 11.9 Å². The van der Waals surface area contributed by atoms with Crippen LogP contribution in [0.3, 0.4) is 0 Å². The number of thiophene rings is 1. The maximum Gasteiger partial charge on any atom is 0.359 e. The van der Waals surface area contributed by atoms with E-state index in [-0.39, 0.29) is 12.3 Å². The minimum absolute atomic E-state index is 0.0170. The van der Waals surface area contributed by atoms with Gasteiger partial charge in [-0.05, 0) is 57.2 Å². The highest BCUT2D eigenvalue weighted by Crippen LogP contribution is 2.38. The van der Waals surface area contributed by atoms with Gasteiger partial charge in [0.05, 0.1) is 29.4 Å². The third-order valence-corrected chi connectivity index (χ3v) is 6.66. The summed E-state index contributed by atoms with van der Waals surface area (Å²) in [5, 5.41) is 3.22. The molecule has 1 N–H and O–H groups in total. The van der Waals surface area contributed by atoms with Crippen LogP contribution in [0.15, 0.2) is 30.5 Å². The van der Waals surface area contributed by atoms with Crippen molar-refractivity contribution in [3.05, 3.63) is 52.2 Å². The third-order valence-electron chi connectivity index (χ3n) is 5.45. The smallest absolute Gasteiger partial charge is 0.359 e. The second kappa shape index (κ2) is 10.1. The van der Waals surface area contributed by atoms with Crippen LogP contribution in [0.1, 0.15) is 64.4 Å². The molecule has 1 aromatic carbocycles. The average molecular weight is 468 g/mol. The SMILES string of the molecule is CCOC(=O)c1c(NC(=O)C(C)OC(=O)c2cnc3ccccc3n2)sc2c1CCCCC2. The average Bonchev–Trinajstić information content (AvgIpc) is 2.98. The summed E-state index contributed by atoms with van der Waals surface area (Å²) < 4.78 is 10.6. The van der Waals surface area contributed by atoms with Crippen LogP contribution in [0, 0.1) is 0 Å². The van der Waals surface area contributed by atoms with E-state index in [4.69, 9.17) is 9.47 Å². The molecule has 0 aliphatic heterocycles. The van der Waals surface area contributed by atoms with Crippen molar-refractivity contribution in [1.82, 2.24) is 9.97 Å². The first-order chi connectivity index (χ1) is 16.0. The van der Waals surface area contributed by atoms with Crippen molar-refractivity contribution < 1.29 is 23.9 Å². The van der Waals surface area contributed by atoms with Gasteiger partial charge in [0.1, 0.15) is 5.00 Å². The van der Waals surface area contributed by atoms with Gasteiger partial charge in [0.25, 0.3) is 5.91 Å². The molecule has 4 rings (SSSR count). The number of benzene rings is 1. The monoisotopic (exact) mass is 467 g/mol. The Hall–Kier alpha value is -3.33. The highest BCUT2D eigenvalue weighted by atomic mass is 32.1. The molecule has 1 atom stereocenters. The number of carbonyl (C=O) groups excluding carboxylic acids is 3. The van der Waals surface area contributed by atoms with Gasteiger partial charge in [-0.15, -0.1) is 11.3 Å².